The van der Waals surface area contributed by atoms with E-state index in [0.29, 0.717) is 0 Å². The molecule has 0 atom stereocenters. The lowest BCUT2D eigenvalue weighted by Crippen LogP contribution is -2.29. The third-order valence-corrected chi connectivity index (χ3v) is 2.95. The summed E-state index contributed by atoms with van der Waals surface area (Å²) in [7, 11) is 0. The van der Waals surface area contributed by atoms with Crippen molar-refractivity contribution in [3.63, 3.8) is 0 Å². The maximum atomic E-state index is 11.3. The molecule has 0 aliphatic carbocycles. The van der Waals surface area contributed by atoms with E-state index < -0.39 is 22.0 Å². The van der Waals surface area contributed by atoms with E-state index in [4.69, 9.17) is 5.11 Å². The van der Waals surface area contributed by atoms with Gasteiger partial charge in [0, 0.05) is 24.7 Å². The molecule has 0 bridgehead atoms. The van der Waals surface area contributed by atoms with E-state index >= 15 is 0 Å². The molecule has 1 heterocycles. The number of nitrogens with zero attached hydrogens (tertiary/aromatic N) is 1. The largest absolute Gasteiger partial charge is 0.481 e. The minimum atomic E-state index is -0.984. The van der Waals surface area contributed by atoms with E-state index in [1.807, 2.05) is 0 Å². The number of nitro groups is 1. The monoisotopic (exact) mass is 308 g/mol. The number of aromatic amines is 2. The third-order valence-electron chi connectivity index (χ3n) is 2.95. The number of rotatable bonds is 6. The molecule has 1 aromatic carbocycles. The number of H-pyrrole nitrogens is 2. The highest BCUT2D eigenvalue weighted by molar-refractivity contribution is 5.78. The van der Waals surface area contributed by atoms with Crippen LogP contribution in [0, 0.1) is 10.1 Å². The van der Waals surface area contributed by atoms with Crippen molar-refractivity contribution in [1.29, 1.82) is 0 Å². The van der Waals surface area contributed by atoms with Crippen LogP contribution >= 0.6 is 0 Å². The number of carboxylic acid groups (broad SMARTS) is 1. The van der Waals surface area contributed by atoms with Gasteiger partial charge in [0.1, 0.15) is 0 Å². The van der Waals surface area contributed by atoms with Crippen LogP contribution < -0.4 is 16.4 Å². The number of hydrogen-bond acceptors (Lipinski definition) is 6. The summed E-state index contributed by atoms with van der Waals surface area (Å²) in [6.45, 7) is 0.202. The molecule has 1 aromatic heterocycles. The Labute approximate surface area is 121 Å². The lowest BCUT2D eigenvalue weighted by molar-refractivity contribution is -0.385. The molecule has 0 amide bonds. The predicted molar refractivity (Wildman–Crippen MR) is 75.8 cm³/mol. The fourth-order valence-electron chi connectivity index (χ4n) is 1.93. The van der Waals surface area contributed by atoms with Crippen molar-refractivity contribution >= 4 is 22.7 Å². The highest BCUT2D eigenvalue weighted by atomic mass is 16.6. The summed E-state index contributed by atoms with van der Waals surface area (Å²) in [6, 6.07) is 2.53. The van der Waals surface area contributed by atoms with Crippen molar-refractivity contribution in [3.8, 4) is 0 Å². The second-order valence-corrected chi connectivity index (χ2v) is 4.51. The zero-order valence-corrected chi connectivity index (χ0v) is 11.2. The first kappa shape index (κ1) is 15.4. The van der Waals surface area contributed by atoms with E-state index in [2.05, 4.69) is 15.3 Å². The standard InChI is InChI=1S/C12H12N4O6/c17-10(18)1-2-13-5-6-3-7-8(4-9(6)16(21)22)15-12(20)11(19)14-7/h3-4,13H,1-2,5H2,(H,14,19)(H,15,20)(H,17,18). The van der Waals surface area contributed by atoms with Gasteiger partial charge in [-0.15, -0.1) is 0 Å². The van der Waals surface area contributed by atoms with Crippen LogP contribution in [0.3, 0.4) is 0 Å². The Morgan fingerprint density at radius 2 is 1.82 bits per heavy atom. The molecule has 0 aliphatic heterocycles. The second-order valence-electron chi connectivity index (χ2n) is 4.51. The Balaban J connectivity index is 2.38. The van der Waals surface area contributed by atoms with E-state index in [0.717, 1.165) is 6.07 Å². The lowest BCUT2D eigenvalue weighted by Gasteiger charge is -2.06. The Morgan fingerprint density at radius 3 is 2.36 bits per heavy atom. The molecule has 0 radical (unpaired) electrons. The molecule has 2 aromatic rings. The smallest absolute Gasteiger partial charge is 0.314 e. The minimum Gasteiger partial charge on any atom is -0.481 e. The number of benzene rings is 1. The summed E-state index contributed by atoms with van der Waals surface area (Å²) < 4.78 is 0. The van der Waals surface area contributed by atoms with Gasteiger partial charge in [0.2, 0.25) is 0 Å². The first-order valence-electron chi connectivity index (χ1n) is 6.24. The zero-order valence-electron chi connectivity index (χ0n) is 11.2. The van der Waals surface area contributed by atoms with Crippen LogP contribution in [0.2, 0.25) is 0 Å². The van der Waals surface area contributed by atoms with Gasteiger partial charge >= 0.3 is 17.1 Å². The van der Waals surface area contributed by atoms with Crippen LogP contribution in [-0.2, 0) is 11.3 Å². The molecule has 0 fully saturated rings. The van der Waals surface area contributed by atoms with Gasteiger partial charge in [-0.3, -0.25) is 24.5 Å². The molecule has 22 heavy (non-hydrogen) atoms. The number of aromatic nitrogens is 2. The van der Waals surface area contributed by atoms with Crippen LogP contribution in [0.1, 0.15) is 12.0 Å². The Morgan fingerprint density at radius 1 is 1.23 bits per heavy atom. The molecule has 4 N–H and O–H groups in total. The van der Waals surface area contributed by atoms with Crippen LogP contribution in [0.25, 0.3) is 11.0 Å². The van der Waals surface area contributed by atoms with Crippen molar-refractivity contribution in [1.82, 2.24) is 15.3 Å². The van der Waals surface area contributed by atoms with Crippen molar-refractivity contribution in [2.75, 3.05) is 6.54 Å². The lowest BCUT2D eigenvalue weighted by atomic mass is 10.1. The normalized spacial score (nSPS) is 10.7. The van der Waals surface area contributed by atoms with Gasteiger partial charge in [0.25, 0.3) is 5.69 Å². The highest BCUT2D eigenvalue weighted by Crippen LogP contribution is 2.22. The summed E-state index contributed by atoms with van der Waals surface area (Å²) in [5.74, 6) is -0.984. The minimum absolute atomic E-state index is 0.0562. The van der Waals surface area contributed by atoms with Gasteiger partial charge in [-0.25, -0.2) is 0 Å². The molecular weight excluding hydrogens is 296 g/mol. The van der Waals surface area contributed by atoms with Crippen LogP contribution in [-0.4, -0.2) is 32.5 Å². The Bertz CT molecular complexity index is 853. The number of carboxylic acids is 1. The summed E-state index contributed by atoms with van der Waals surface area (Å²) in [6.07, 6.45) is -0.120. The van der Waals surface area contributed by atoms with Crippen LogP contribution in [0.5, 0.6) is 0 Å². The van der Waals surface area contributed by atoms with E-state index in [1.165, 1.54) is 6.07 Å². The highest BCUT2D eigenvalue weighted by Gasteiger charge is 2.16. The van der Waals surface area contributed by atoms with Gasteiger partial charge in [-0.2, -0.15) is 0 Å². The van der Waals surface area contributed by atoms with Gasteiger partial charge in [0.05, 0.1) is 22.4 Å². The molecule has 116 valence electrons. The quantitative estimate of drug-likeness (QED) is 0.246. The number of carbonyl (C=O) groups is 1. The van der Waals surface area contributed by atoms with Crippen molar-refractivity contribution in [3.05, 3.63) is 48.5 Å². The van der Waals surface area contributed by atoms with Crippen molar-refractivity contribution in [2.24, 2.45) is 0 Å². The van der Waals surface area contributed by atoms with E-state index in [-0.39, 0.29) is 41.8 Å². The summed E-state index contributed by atoms with van der Waals surface area (Å²) in [5, 5.41) is 22.4. The maximum Gasteiger partial charge on any atom is 0.314 e. The average molecular weight is 308 g/mol. The number of hydrogen-bond donors (Lipinski definition) is 4. The van der Waals surface area contributed by atoms with Crippen molar-refractivity contribution in [2.45, 2.75) is 13.0 Å². The molecule has 0 saturated heterocycles. The first-order valence-corrected chi connectivity index (χ1v) is 6.24. The number of nitrogens with one attached hydrogen (secondary N) is 3. The molecule has 10 nitrogen and oxygen atoms in total. The van der Waals surface area contributed by atoms with Gasteiger partial charge < -0.3 is 20.4 Å². The summed E-state index contributed by atoms with van der Waals surface area (Å²) in [5.41, 5.74) is -1.32. The van der Waals surface area contributed by atoms with Crippen LogP contribution in [0.4, 0.5) is 5.69 Å². The third kappa shape index (κ3) is 3.35. The topological polar surface area (TPSA) is 158 Å². The van der Waals surface area contributed by atoms with Gasteiger partial charge in [-0.05, 0) is 6.07 Å². The predicted octanol–water partition coefficient (Wildman–Crippen LogP) is -0.311. The molecular formula is C12H12N4O6. The first-order chi connectivity index (χ1) is 10.4. The van der Waals surface area contributed by atoms with Gasteiger partial charge in [-0.1, -0.05) is 0 Å². The van der Waals surface area contributed by atoms with Crippen LogP contribution in [0.15, 0.2) is 21.7 Å². The molecule has 10 heteroatoms. The average Bonchev–Trinajstić information content (AvgIpc) is 2.44. The molecule has 2 rings (SSSR count). The summed E-state index contributed by atoms with van der Waals surface area (Å²) in [4.78, 5) is 48.0. The fourth-order valence-corrected chi connectivity index (χ4v) is 1.93. The Hall–Kier alpha value is -3.01. The number of fused-ring (bicyclic) bond motifs is 1. The number of aliphatic carboxylic acids is 1. The SMILES string of the molecule is O=C(O)CCNCc1cc2[nH]c(=O)c(=O)[nH]c2cc1[N+](=O)[O-]. The fraction of sp³-hybridized carbons (Fsp3) is 0.250. The zero-order chi connectivity index (χ0) is 16.3. The Kier molecular flexibility index (Phi) is 4.32. The molecule has 0 aliphatic rings. The molecule has 0 spiro atoms. The van der Waals surface area contributed by atoms with Gasteiger partial charge in [0.15, 0.2) is 0 Å². The second kappa shape index (κ2) is 6.18. The number of nitro benzene ring substituents is 1. The molecule has 0 saturated carbocycles. The molecule has 0 unspecified atom stereocenters. The maximum absolute atomic E-state index is 11.3. The van der Waals surface area contributed by atoms with E-state index in [9.17, 15) is 24.5 Å². The summed E-state index contributed by atoms with van der Waals surface area (Å²) >= 11 is 0. The van der Waals surface area contributed by atoms with E-state index in [1.54, 1.807) is 0 Å². The van der Waals surface area contributed by atoms with Crippen molar-refractivity contribution < 1.29 is 14.8 Å².